The van der Waals surface area contributed by atoms with E-state index in [2.05, 4.69) is 15.4 Å². The van der Waals surface area contributed by atoms with Crippen LogP contribution in [0.3, 0.4) is 0 Å². The maximum absolute atomic E-state index is 13.8. The van der Waals surface area contributed by atoms with E-state index in [1.165, 1.54) is 6.20 Å². The van der Waals surface area contributed by atoms with Crippen molar-refractivity contribution in [2.45, 2.75) is 13.8 Å². The second-order valence-corrected chi connectivity index (χ2v) is 9.30. The van der Waals surface area contributed by atoms with Crippen LogP contribution in [0, 0.1) is 6.92 Å². The van der Waals surface area contributed by atoms with Gasteiger partial charge in [-0.05, 0) is 44.2 Å². The number of ether oxygens (including phenoxy) is 1. The van der Waals surface area contributed by atoms with Crippen LogP contribution in [-0.2, 0) is 4.74 Å². The molecule has 0 unspecified atom stereocenters. The third kappa shape index (κ3) is 4.85. The molecule has 0 bridgehead atoms. The molecule has 3 aromatic carbocycles. The summed E-state index contributed by atoms with van der Waals surface area (Å²) >= 11 is 0. The van der Waals surface area contributed by atoms with Crippen molar-refractivity contribution in [3.05, 3.63) is 120 Å². The van der Waals surface area contributed by atoms with Crippen LogP contribution in [0.2, 0.25) is 0 Å². The molecule has 1 amide bonds. The van der Waals surface area contributed by atoms with Gasteiger partial charge in [-0.2, -0.15) is 10.2 Å². The number of esters is 1. The number of benzene rings is 3. The van der Waals surface area contributed by atoms with Crippen LogP contribution in [0.5, 0.6) is 0 Å². The Kier molecular flexibility index (Phi) is 6.83. The molecule has 0 saturated carbocycles. The zero-order valence-corrected chi connectivity index (χ0v) is 22.5. The number of anilines is 1. The molecule has 6 aromatic rings. The number of hydrogen-bond donors (Lipinski definition) is 1. The number of para-hydroxylation sites is 1. The number of hydrogen-bond acceptors (Lipinski definition) is 6. The molecule has 0 atom stereocenters. The van der Waals surface area contributed by atoms with Gasteiger partial charge in [0.05, 0.1) is 35.4 Å². The summed E-state index contributed by atoms with van der Waals surface area (Å²) in [7, 11) is 0. The molecule has 0 fully saturated rings. The summed E-state index contributed by atoms with van der Waals surface area (Å²) in [5.74, 6) is -0.752. The molecule has 9 nitrogen and oxygen atoms in total. The minimum atomic E-state index is -0.478. The van der Waals surface area contributed by atoms with E-state index in [1.54, 1.807) is 28.4 Å². The number of amides is 1. The third-order valence-corrected chi connectivity index (χ3v) is 6.70. The van der Waals surface area contributed by atoms with E-state index >= 15 is 0 Å². The summed E-state index contributed by atoms with van der Waals surface area (Å²) in [5, 5.41) is 12.3. The van der Waals surface area contributed by atoms with E-state index in [4.69, 9.17) is 9.84 Å². The minimum Gasteiger partial charge on any atom is -0.462 e. The average molecular weight is 543 g/mol. The van der Waals surface area contributed by atoms with Crippen molar-refractivity contribution in [1.82, 2.24) is 24.4 Å². The van der Waals surface area contributed by atoms with Gasteiger partial charge >= 0.3 is 5.97 Å². The average Bonchev–Trinajstić information content (AvgIpc) is 3.60. The van der Waals surface area contributed by atoms with Gasteiger partial charge in [-0.25, -0.2) is 19.0 Å². The van der Waals surface area contributed by atoms with Crippen molar-refractivity contribution in [3.63, 3.8) is 0 Å². The van der Waals surface area contributed by atoms with Crippen LogP contribution in [0.25, 0.3) is 33.8 Å². The van der Waals surface area contributed by atoms with Crippen LogP contribution in [0.15, 0.2) is 103 Å². The molecular weight excluding hydrogens is 516 g/mol. The number of nitrogens with one attached hydrogen (secondary N) is 1. The molecule has 3 heterocycles. The lowest BCUT2D eigenvalue weighted by molar-refractivity contribution is 0.0528. The van der Waals surface area contributed by atoms with Gasteiger partial charge in [0.15, 0.2) is 5.65 Å². The maximum Gasteiger partial charge on any atom is 0.343 e. The molecular formula is C32H26N6O3. The van der Waals surface area contributed by atoms with Gasteiger partial charge in [0.1, 0.15) is 11.3 Å². The fraction of sp³-hybridized carbons (Fsp3) is 0.0938. The molecule has 9 heteroatoms. The number of aromatic nitrogens is 5. The molecule has 0 aliphatic heterocycles. The topological polar surface area (TPSA) is 103 Å². The fourth-order valence-corrected chi connectivity index (χ4v) is 4.81. The van der Waals surface area contributed by atoms with Gasteiger partial charge in [-0.3, -0.25) is 4.79 Å². The van der Waals surface area contributed by atoms with E-state index in [1.807, 2.05) is 91.9 Å². The van der Waals surface area contributed by atoms with Gasteiger partial charge in [0.25, 0.3) is 5.91 Å². The summed E-state index contributed by atoms with van der Waals surface area (Å²) in [4.78, 5) is 30.5. The summed E-state index contributed by atoms with van der Waals surface area (Å²) in [6.45, 7) is 3.90. The number of fused-ring (bicyclic) bond motifs is 1. The number of carbonyl (C=O) groups excluding carboxylic acids is 2. The van der Waals surface area contributed by atoms with Crippen molar-refractivity contribution in [3.8, 4) is 28.2 Å². The highest BCUT2D eigenvalue weighted by atomic mass is 16.5. The Hall–Kier alpha value is -5.57. The minimum absolute atomic E-state index is 0.257. The second kappa shape index (κ2) is 10.9. The Bertz CT molecular complexity index is 1880. The number of rotatable bonds is 7. The summed E-state index contributed by atoms with van der Waals surface area (Å²) in [5.41, 5.74) is 6.30. The van der Waals surface area contributed by atoms with E-state index in [-0.39, 0.29) is 18.1 Å². The molecule has 41 heavy (non-hydrogen) atoms. The van der Waals surface area contributed by atoms with Crippen LogP contribution in [0.4, 0.5) is 5.69 Å². The van der Waals surface area contributed by atoms with Gasteiger partial charge in [-0.1, -0.05) is 60.7 Å². The Morgan fingerprint density at radius 3 is 2.39 bits per heavy atom. The van der Waals surface area contributed by atoms with Crippen molar-refractivity contribution in [2.24, 2.45) is 0 Å². The highest BCUT2D eigenvalue weighted by Gasteiger charge is 2.24. The van der Waals surface area contributed by atoms with Crippen LogP contribution < -0.4 is 5.32 Å². The highest BCUT2D eigenvalue weighted by Crippen LogP contribution is 2.29. The van der Waals surface area contributed by atoms with E-state index < -0.39 is 5.97 Å². The quantitative estimate of drug-likeness (QED) is 0.249. The van der Waals surface area contributed by atoms with E-state index in [0.29, 0.717) is 28.3 Å². The lowest BCUT2D eigenvalue weighted by atomic mass is 10.0. The highest BCUT2D eigenvalue weighted by molar-refractivity contribution is 6.09. The van der Waals surface area contributed by atoms with Crippen molar-refractivity contribution in [1.29, 1.82) is 0 Å². The first-order valence-corrected chi connectivity index (χ1v) is 13.2. The zero-order chi connectivity index (χ0) is 28.3. The Balaban J connectivity index is 1.37. The van der Waals surface area contributed by atoms with Gasteiger partial charge in [-0.15, -0.1) is 0 Å². The summed E-state index contributed by atoms with van der Waals surface area (Å²) in [6.07, 6.45) is 3.07. The van der Waals surface area contributed by atoms with Crippen molar-refractivity contribution in [2.75, 3.05) is 11.9 Å². The monoisotopic (exact) mass is 542 g/mol. The molecule has 0 aliphatic rings. The molecule has 0 radical (unpaired) electrons. The molecule has 1 N–H and O–H groups in total. The molecule has 0 saturated heterocycles. The van der Waals surface area contributed by atoms with Gasteiger partial charge in [0, 0.05) is 23.0 Å². The first-order valence-electron chi connectivity index (χ1n) is 13.2. The van der Waals surface area contributed by atoms with Crippen LogP contribution >= 0.6 is 0 Å². The van der Waals surface area contributed by atoms with E-state index in [0.717, 1.165) is 22.5 Å². The largest absolute Gasteiger partial charge is 0.462 e. The standard InChI is InChI=1S/C32H26N6O3/c1-3-41-32(40)26-20-34-38-27(17-18-33-30(26)38)23-13-10-14-24(19-23)35-31(39)28-21(2)37(25-15-8-5-9-16-25)36-29(28)22-11-6-4-7-12-22/h4-20H,3H2,1-2H3,(H,35,39). The maximum atomic E-state index is 13.8. The smallest absolute Gasteiger partial charge is 0.343 e. The Labute approximate surface area is 236 Å². The molecule has 202 valence electrons. The van der Waals surface area contributed by atoms with E-state index in [9.17, 15) is 9.59 Å². The molecule has 3 aromatic heterocycles. The number of carbonyl (C=O) groups is 2. The lowest BCUT2D eigenvalue weighted by Gasteiger charge is -2.10. The Morgan fingerprint density at radius 2 is 1.63 bits per heavy atom. The molecule has 6 rings (SSSR count). The summed E-state index contributed by atoms with van der Waals surface area (Å²) < 4.78 is 8.52. The third-order valence-electron chi connectivity index (χ3n) is 6.70. The fourth-order valence-electron chi connectivity index (χ4n) is 4.81. The first kappa shape index (κ1) is 25.7. The Morgan fingerprint density at radius 1 is 0.902 bits per heavy atom. The zero-order valence-electron chi connectivity index (χ0n) is 22.5. The van der Waals surface area contributed by atoms with Crippen molar-refractivity contribution < 1.29 is 14.3 Å². The van der Waals surface area contributed by atoms with Crippen LogP contribution in [-0.4, -0.2) is 42.9 Å². The number of nitrogens with zero attached hydrogens (tertiary/aromatic N) is 5. The molecule has 0 aliphatic carbocycles. The van der Waals surface area contributed by atoms with Gasteiger partial charge < -0.3 is 10.1 Å². The SMILES string of the molecule is CCOC(=O)c1cnn2c(-c3cccc(NC(=O)c4c(-c5ccccc5)nn(-c5ccccc5)c4C)c3)ccnc12. The molecule has 0 spiro atoms. The summed E-state index contributed by atoms with van der Waals surface area (Å²) in [6, 6.07) is 28.7. The van der Waals surface area contributed by atoms with Gasteiger partial charge in [0.2, 0.25) is 0 Å². The predicted octanol–water partition coefficient (Wildman–Crippen LogP) is 5.99. The second-order valence-electron chi connectivity index (χ2n) is 9.30. The normalized spacial score (nSPS) is 11.0. The van der Waals surface area contributed by atoms with Crippen LogP contribution in [0.1, 0.15) is 33.3 Å². The lowest BCUT2D eigenvalue weighted by Crippen LogP contribution is -2.14. The first-order chi connectivity index (χ1) is 20.0. The predicted molar refractivity (Wildman–Crippen MR) is 156 cm³/mol. The van der Waals surface area contributed by atoms with Crippen molar-refractivity contribution >= 4 is 23.2 Å².